The van der Waals surface area contributed by atoms with Crippen LogP contribution in [0.5, 0.6) is 0 Å². The van der Waals surface area contributed by atoms with E-state index in [4.69, 9.17) is 9.47 Å². The zero-order chi connectivity index (χ0) is 14.3. The van der Waals surface area contributed by atoms with Gasteiger partial charge in [0.1, 0.15) is 0 Å². The van der Waals surface area contributed by atoms with E-state index in [0.29, 0.717) is 29.7 Å². The molecule has 0 aliphatic rings. The largest absolute Gasteiger partial charge is 0.466 e. The SMILES string of the molecule is CCOC(=O)CCc1cccc(Br)c1C(=O)OCC. The summed E-state index contributed by atoms with van der Waals surface area (Å²) in [7, 11) is 0. The van der Waals surface area contributed by atoms with Crippen LogP contribution in [0, 0.1) is 0 Å². The van der Waals surface area contributed by atoms with Crippen molar-refractivity contribution in [2.24, 2.45) is 0 Å². The fourth-order valence-corrected chi connectivity index (χ4v) is 2.25. The molecule has 0 amide bonds. The molecule has 0 saturated heterocycles. The van der Waals surface area contributed by atoms with Crippen LogP contribution in [0.1, 0.15) is 36.2 Å². The lowest BCUT2D eigenvalue weighted by molar-refractivity contribution is -0.143. The van der Waals surface area contributed by atoms with Crippen LogP contribution in [0.3, 0.4) is 0 Å². The number of carbonyl (C=O) groups excluding carboxylic acids is 2. The van der Waals surface area contributed by atoms with Crippen LogP contribution >= 0.6 is 15.9 Å². The molecule has 1 aromatic carbocycles. The molecule has 19 heavy (non-hydrogen) atoms. The van der Waals surface area contributed by atoms with Crippen molar-refractivity contribution in [1.82, 2.24) is 0 Å². The quantitative estimate of drug-likeness (QED) is 0.753. The Hall–Kier alpha value is -1.36. The van der Waals surface area contributed by atoms with Crippen molar-refractivity contribution in [2.75, 3.05) is 13.2 Å². The van der Waals surface area contributed by atoms with E-state index < -0.39 is 0 Å². The average Bonchev–Trinajstić information content (AvgIpc) is 2.37. The van der Waals surface area contributed by atoms with Crippen LogP contribution in [-0.2, 0) is 20.7 Å². The van der Waals surface area contributed by atoms with Gasteiger partial charge in [-0.15, -0.1) is 0 Å². The molecule has 0 atom stereocenters. The zero-order valence-corrected chi connectivity index (χ0v) is 12.7. The molecule has 4 nitrogen and oxygen atoms in total. The third kappa shape index (κ3) is 4.67. The molecule has 0 N–H and O–H groups in total. The van der Waals surface area contributed by atoms with Crippen molar-refractivity contribution in [3.05, 3.63) is 33.8 Å². The van der Waals surface area contributed by atoms with E-state index in [1.165, 1.54) is 0 Å². The summed E-state index contributed by atoms with van der Waals surface area (Å²) in [6.07, 6.45) is 0.698. The highest BCUT2D eigenvalue weighted by Crippen LogP contribution is 2.23. The standard InChI is InChI=1S/C14H17BrO4/c1-3-18-12(16)9-8-10-6-5-7-11(15)13(10)14(17)19-4-2/h5-7H,3-4,8-9H2,1-2H3. The topological polar surface area (TPSA) is 52.6 Å². The summed E-state index contributed by atoms with van der Waals surface area (Å²) in [6, 6.07) is 5.42. The van der Waals surface area contributed by atoms with Gasteiger partial charge in [0, 0.05) is 10.9 Å². The van der Waals surface area contributed by atoms with Crippen LogP contribution in [0.25, 0.3) is 0 Å². The van der Waals surface area contributed by atoms with Crippen molar-refractivity contribution in [3.63, 3.8) is 0 Å². The van der Waals surface area contributed by atoms with E-state index in [1.54, 1.807) is 19.9 Å². The highest BCUT2D eigenvalue weighted by Gasteiger charge is 2.17. The monoisotopic (exact) mass is 328 g/mol. The lowest BCUT2D eigenvalue weighted by atomic mass is 10.0. The van der Waals surface area contributed by atoms with Gasteiger partial charge in [-0.25, -0.2) is 4.79 Å². The predicted molar refractivity (Wildman–Crippen MR) is 75.1 cm³/mol. The van der Waals surface area contributed by atoms with Gasteiger partial charge in [0.25, 0.3) is 0 Å². The maximum atomic E-state index is 11.9. The molecule has 0 radical (unpaired) electrons. The van der Waals surface area contributed by atoms with Crippen LogP contribution in [0.4, 0.5) is 0 Å². The molecule has 0 saturated carbocycles. The maximum Gasteiger partial charge on any atom is 0.339 e. The Bertz CT molecular complexity index is 457. The van der Waals surface area contributed by atoms with E-state index in [9.17, 15) is 9.59 Å². The highest BCUT2D eigenvalue weighted by molar-refractivity contribution is 9.10. The molecular weight excluding hydrogens is 312 g/mol. The third-order valence-electron chi connectivity index (χ3n) is 2.48. The van der Waals surface area contributed by atoms with Crippen molar-refractivity contribution in [3.8, 4) is 0 Å². The predicted octanol–water partition coefficient (Wildman–Crippen LogP) is 3.12. The first-order valence-electron chi connectivity index (χ1n) is 6.20. The maximum absolute atomic E-state index is 11.9. The highest BCUT2D eigenvalue weighted by atomic mass is 79.9. The summed E-state index contributed by atoms with van der Waals surface area (Å²) >= 11 is 3.34. The Morgan fingerprint density at radius 1 is 1.16 bits per heavy atom. The molecule has 0 bridgehead atoms. The Morgan fingerprint density at radius 3 is 2.47 bits per heavy atom. The molecule has 0 aliphatic carbocycles. The lowest BCUT2D eigenvalue weighted by Gasteiger charge is -2.10. The van der Waals surface area contributed by atoms with Gasteiger partial charge in [-0.2, -0.15) is 0 Å². The van der Waals surface area contributed by atoms with Gasteiger partial charge in [-0.3, -0.25) is 4.79 Å². The minimum absolute atomic E-state index is 0.247. The second kappa shape index (κ2) is 7.94. The Kier molecular flexibility index (Phi) is 6.56. The Labute approximate surface area is 121 Å². The number of ether oxygens (including phenoxy) is 2. The average molecular weight is 329 g/mol. The van der Waals surface area contributed by atoms with Gasteiger partial charge in [0.2, 0.25) is 0 Å². The fourth-order valence-electron chi connectivity index (χ4n) is 1.68. The molecule has 5 heteroatoms. The Balaban J connectivity index is 2.85. The molecule has 104 valence electrons. The van der Waals surface area contributed by atoms with Crippen molar-refractivity contribution in [2.45, 2.75) is 26.7 Å². The summed E-state index contributed by atoms with van der Waals surface area (Å²) in [5, 5.41) is 0. The molecule has 1 rings (SSSR count). The Morgan fingerprint density at radius 2 is 1.84 bits per heavy atom. The molecule has 0 aliphatic heterocycles. The molecule has 0 fully saturated rings. The summed E-state index contributed by atoms with van der Waals surface area (Å²) in [6.45, 7) is 4.20. The number of hydrogen-bond donors (Lipinski definition) is 0. The van der Waals surface area contributed by atoms with E-state index in [1.807, 2.05) is 12.1 Å². The number of halogens is 1. The first kappa shape index (κ1) is 15.7. The molecule has 1 aromatic rings. The smallest absolute Gasteiger partial charge is 0.339 e. The molecular formula is C14H17BrO4. The van der Waals surface area contributed by atoms with Crippen LogP contribution < -0.4 is 0 Å². The normalized spacial score (nSPS) is 10.1. The number of esters is 2. The second-order valence-corrected chi connectivity index (χ2v) is 4.65. The summed E-state index contributed by atoms with van der Waals surface area (Å²) < 4.78 is 10.6. The van der Waals surface area contributed by atoms with E-state index in [0.717, 1.165) is 5.56 Å². The van der Waals surface area contributed by atoms with Crippen LogP contribution in [-0.4, -0.2) is 25.2 Å². The molecule has 0 aromatic heterocycles. The van der Waals surface area contributed by atoms with E-state index in [-0.39, 0.29) is 18.4 Å². The van der Waals surface area contributed by atoms with Gasteiger partial charge in [0.15, 0.2) is 0 Å². The van der Waals surface area contributed by atoms with Crippen molar-refractivity contribution in [1.29, 1.82) is 0 Å². The number of rotatable bonds is 6. The molecule has 0 spiro atoms. The lowest BCUT2D eigenvalue weighted by Crippen LogP contribution is -2.11. The first-order chi connectivity index (χ1) is 9.10. The summed E-state index contributed by atoms with van der Waals surface area (Å²) in [5.74, 6) is -0.647. The number of hydrogen-bond acceptors (Lipinski definition) is 4. The van der Waals surface area contributed by atoms with E-state index in [2.05, 4.69) is 15.9 Å². The van der Waals surface area contributed by atoms with Gasteiger partial charge in [-0.1, -0.05) is 12.1 Å². The van der Waals surface area contributed by atoms with E-state index >= 15 is 0 Å². The zero-order valence-electron chi connectivity index (χ0n) is 11.1. The third-order valence-corrected chi connectivity index (χ3v) is 3.14. The second-order valence-electron chi connectivity index (χ2n) is 3.80. The fraction of sp³-hybridized carbons (Fsp3) is 0.429. The number of aryl methyl sites for hydroxylation is 1. The van der Waals surface area contributed by atoms with Gasteiger partial charge in [-0.05, 0) is 47.8 Å². The number of carbonyl (C=O) groups is 2. The summed E-state index contributed by atoms with van der Waals surface area (Å²) in [5.41, 5.74) is 1.26. The van der Waals surface area contributed by atoms with Crippen molar-refractivity contribution >= 4 is 27.9 Å². The number of benzene rings is 1. The van der Waals surface area contributed by atoms with Gasteiger partial charge < -0.3 is 9.47 Å². The van der Waals surface area contributed by atoms with Crippen molar-refractivity contribution < 1.29 is 19.1 Å². The van der Waals surface area contributed by atoms with Gasteiger partial charge in [0.05, 0.1) is 18.8 Å². The van der Waals surface area contributed by atoms with Crippen LogP contribution in [0.2, 0.25) is 0 Å². The molecule has 0 heterocycles. The minimum atomic E-state index is -0.381. The van der Waals surface area contributed by atoms with Crippen LogP contribution in [0.15, 0.2) is 22.7 Å². The van der Waals surface area contributed by atoms with Gasteiger partial charge >= 0.3 is 11.9 Å². The molecule has 0 unspecified atom stereocenters. The minimum Gasteiger partial charge on any atom is -0.466 e. The summed E-state index contributed by atoms with van der Waals surface area (Å²) in [4.78, 5) is 23.2. The first-order valence-corrected chi connectivity index (χ1v) is 6.99.